The lowest BCUT2D eigenvalue weighted by Gasteiger charge is -2.10. The van der Waals surface area contributed by atoms with Crippen LogP contribution >= 0.6 is 11.6 Å². The summed E-state index contributed by atoms with van der Waals surface area (Å²) < 4.78 is 5.20. The van der Waals surface area contributed by atoms with Crippen molar-refractivity contribution in [1.82, 2.24) is 0 Å². The number of Topliss-reactive ketones (excluding diaryl/α,β-unsaturated/α-hetero) is 1. The van der Waals surface area contributed by atoms with Crippen molar-refractivity contribution in [2.75, 3.05) is 13.7 Å². The first-order valence-electron chi connectivity index (χ1n) is 5.61. The number of carbonyl (C=O) groups excluding carboxylic acids is 1. The third kappa shape index (κ3) is 4.36. The molecule has 0 heterocycles. The molecule has 2 N–H and O–H groups in total. The molecule has 17 heavy (non-hydrogen) atoms. The second-order valence-corrected chi connectivity index (χ2v) is 4.65. The first-order valence-corrected chi connectivity index (χ1v) is 5.98. The number of benzene rings is 1. The molecule has 0 saturated carbocycles. The van der Waals surface area contributed by atoms with E-state index in [0.29, 0.717) is 30.2 Å². The fourth-order valence-corrected chi connectivity index (χ4v) is 1.84. The molecule has 0 saturated heterocycles. The van der Waals surface area contributed by atoms with E-state index in [1.807, 2.05) is 6.92 Å². The molecule has 0 spiro atoms. The lowest BCUT2D eigenvalue weighted by Crippen LogP contribution is -2.16. The Morgan fingerprint density at radius 1 is 1.53 bits per heavy atom. The molecule has 1 unspecified atom stereocenters. The molecule has 0 aromatic heterocycles. The standard InChI is InChI=1S/C13H18ClNO2/c1-9(8-15)5-12(16)7-10-6-11(14)3-4-13(10)17-2/h3-4,6,9H,5,7-8,15H2,1-2H3. The van der Waals surface area contributed by atoms with Crippen LogP contribution in [0.15, 0.2) is 18.2 Å². The van der Waals surface area contributed by atoms with E-state index in [2.05, 4.69) is 0 Å². The minimum absolute atomic E-state index is 0.156. The number of nitrogens with two attached hydrogens (primary N) is 1. The van der Waals surface area contributed by atoms with E-state index in [-0.39, 0.29) is 11.7 Å². The predicted molar refractivity (Wildman–Crippen MR) is 69.6 cm³/mol. The van der Waals surface area contributed by atoms with Crippen molar-refractivity contribution in [2.24, 2.45) is 11.7 Å². The van der Waals surface area contributed by atoms with Gasteiger partial charge in [-0.15, -0.1) is 0 Å². The summed E-state index contributed by atoms with van der Waals surface area (Å²) >= 11 is 5.90. The lowest BCUT2D eigenvalue weighted by molar-refractivity contribution is -0.119. The van der Waals surface area contributed by atoms with Crippen LogP contribution in [-0.2, 0) is 11.2 Å². The minimum Gasteiger partial charge on any atom is -0.496 e. The van der Waals surface area contributed by atoms with Gasteiger partial charge in [-0.1, -0.05) is 18.5 Å². The van der Waals surface area contributed by atoms with Crippen molar-refractivity contribution in [3.63, 3.8) is 0 Å². The maximum Gasteiger partial charge on any atom is 0.137 e. The highest BCUT2D eigenvalue weighted by Crippen LogP contribution is 2.23. The first kappa shape index (κ1) is 14.0. The van der Waals surface area contributed by atoms with Crippen molar-refractivity contribution >= 4 is 17.4 Å². The summed E-state index contributed by atoms with van der Waals surface area (Å²) in [5.74, 6) is 1.07. The van der Waals surface area contributed by atoms with Gasteiger partial charge < -0.3 is 10.5 Å². The van der Waals surface area contributed by atoms with Crippen molar-refractivity contribution in [1.29, 1.82) is 0 Å². The third-order valence-electron chi connectivity index (χ3n) is 2.61. The van der Waals surface area contributed by atoms with E-state index in [1.54, 1.807) is 25.3 Å². The largest absolute Gasteiger partial charge is 0.496 e. The van der Waals surface area contributed by atoms with Crippen LogP contribution in [-0.4, -0.2) is 19.4 Å². The number of ketones is 1. The number of methoxy groups -OCH3 is 1. The maximum absolute atomic E-state index is 11.8. The molecule has 3 nitrogen and oxygen atoms in total. The molecule has 0 fully saturated rings. The van der Waals surface area contributed by atoms with Crippen LogP contribution in [0, 0.1) is 5.92 Å². The van der Waals surface area contributed by atoms with Crippen LogP contribution in [0.5, 0.6) is 5.75 Å². The van der Waals surface area contributed by atoms with Crippen molar-refractivity contribution in [2.45, 2.75) is 19.8 Å². The number of ether oxygens (including phenoxy) is 1. The second kappa shape index (κ2) is 6.62. The summed E-state index contributed by atoms with van der Waals surface area (Å²) in [6.07, 6.45) is 0.834. The quantitative estimate of drug-likeness (QED) is 0.850. The molecule has 0 aliphatic carbocycles. The molecular weight excluding hydrogens is 238 g/mol. The van der Waals surface area contributed by atoms with Gasteiger partial charge in [0, 0.05) is 23.4 Å². The highest BCUT2D eigenvalue weighted by molar-refractivity contribution is 6.30. The number of carbonyl (C=O) groups is 1. The lowest BCUT2D eigenvalue weighted by atomic mass is 9.99. The zero-order valence-electron chi connectivity index (χ0n) is 10.2. The van der Waals surface area contributed by atoms with Gasteiger partial charge in [-0.05, 0) is 30.7 Å². The SMILES string of the molecule is COc1ccc(Cl)cc1CC(=O)CC(C)CN. The van der Waals surface area contributed by atoms with E-state index in [9.17, 15) is 4.79 Å². The number of hydrogen-bond acceptors (Lipinski definition) is 3. The fraction of sp³-hybridized carbons (Fsp3) is 0.462. The van der Waals surface area contributed by atoms with Crippen molar-refractivity contribution < 1.29 is 9.53 Å². The van der Waals surface area contributed by atoms with E-state index in [4.69, 9.17) is 22.1 Å². The van der Waals surface area contributed by atoms with Gasteiger partial charge in [0.1, 0.15) is 11.5 Å². The van der Waals surface area contributed by atoms with Crippen LogP contribution in [0.25, 0.3) is 0 Å². The number of halogens is 1. The van der Waals surface area contributed by atoms with Crippen LogP contribution in [0.4, 0.5) is 0 Å². The maximum atomic E-state index is 11.8. The zero-order valence-corrected chi connectivity index (χ0v) is 11.0. The van der Waals surface area contributed by atoms with Gasteiger partial charge in [-0.3, -0.25) is 4.79 Å². The smallest absolute Gasteiger partial charge is 0.137 e. The highest BCUT2D eigenvalue weighted by Gasteiger charge is 2.12. The Morgan fingerprint density at radius 2 is 2.24 bits per heavy atom. The molecule has 1 aromatic rings. The summed E-state index contributed by atoms with van der Waals surface area (Å²) in [7, 11) is 1.58. The monoisotopic (exact) mass is 255 g/mol. The zero-order chi connectivity index (χ0) is 12.8. The molecular formula is C13H18ClNO2. The van der Waals surface area contributed by atoms with Gasteiger partial charge in [0.2, 0.25) is 0 Å². The topological polar surface area (TPSA) is 52.3 Å². The van der Waals surface area contributed by atoms with Gasteiger partial charge in [0.25, 0.3) is 0 Å². The summed E-state index contributed by atoms with van der Waals surface area (Å²) in [4.78, 5) is 11.8. The second-order valence-electron chi connectivity index (χ2n) is 4.22. The fourth-order valence-electron chi connectivity index (χ4n) is 1.64. The molecule has 1 aromatic carbocycles. The van der Waals surface area contributed by atoms with Crippen LogP contribution in [0.3, 0.4) is 0 Å². The normalized spacial score (nSPS) is 12.2. The molecule has 0 bridgehead atoms. The van der Waals surface area contributed by atoms with Gasteiger partial charge in [0.15, 0.2) is 0 Å². The van der Waals surface area contributed by atoms with Crippen LogP contribution in [0.1, 0.15) is 18.9 Å². The van der Waals surface area contributed by atoms with Gasteiger partial charge >= 0.3 is 0 Å². The third-order valence-corrected chi connectivity index (χ3v) is 2.84. The highest BCUT2D eigenvalue weighted by atomic mass is 35.5. The van der Waals surface area contributed by atoms with E-state index in [0.717, 1.165) is 5.56 Å². The minimum atomic E-state index is 0.156. The van der Waals surface area contributed by atoms with Crippen molar-refractivity contribution in [3.8, 4) is 5.75 Å². The Bertz CT molecular complexity index is 393. The Morgan fingerprint density at radius 3 is 2.82 bits per heavy atom. The molecule has 0 aliphatic heterocycles. The summed E-state index contributed by atoms with van der Waals surface area (Å²) in [6.45, 7) is 2.49. The molecule has 4 heteroatoms. The molecule has 1 atom stereocenters. The van der Waals surface area contributed by atoms with Crippen LogP contribution < -0.4 is 10.5 Å². The molecule has 94 valence electrons. The predicted octanol–water partition coefficient (Wildman–Crippen LogP) is 2.45. The van der Waals surface area contributed by atoms with Gasteiger partial charge in [-0.25, -0.2) is 0 Å². The number of rotatable bonds is 6. The first-order chi connectivity index (χ1) is 8.06. The van der Waals surface area contributed by atoms with Crippen LogP contribution in [0.2, 0.25) is 5.02 Å². The molecule has 0 aliphatic rings. The number of hydrogen-bond donors (Lipinski definition) is 1. The average molecular weight is 256 g/mol. The molecule has 1 rings (SSSR count). The van der Waals surface area contributed by atoms with Gasteiger partial charge in [0.05, 0.1) is 7.11 Å². The van der Waals surface area contributed by atoms with E-state index < -0.39 is 0 Å². The Hall–Kier alpha value is -1.06. The summed E-state index contributed by atoms with van der Waals surface area (Å²) in [6, 6.07) is 5.29. The van der Waals surface area contributed by atoms with E-state index >= 15 is 0 Å². The Balaban J connectivity index is 2.73. The van der Waals surface area contributed by atoms with Gasteiger partial charge in [-0.2, -0.15) is 0 Å². The Labute approximate surface area is 107 Å². The summed E-state index contributed by atoms with van der Waals surface area (Å²) in [5.41, 5.74) is 6.32. The van der Waals surface area contributed by atoms with E-state index in [1.165, 1.54) is 0 Å². The Kier molecular flexibility index (Phi) is 5.45. The average Bonchev–Trinajstić information content (AvgIpc) is 2.29. The molecule has 0 radical (unpaired) electrons. The summed E-state index contributed by atoms with van der Waals surface area (Å²) in [5, 5.41) is 0.612. The molecule has 0 amide bonds. The van der Waals surface area contributed by atoms with Crippen molar-refractivity contribution in [3.05, 3.63) is 28.8 Å².